The van der Waals surface area contributed by atoms with E-state index in [2.05, 4.69) is 4.98 Å². The largest absolute Gasteiger partial charge is 0.478 e. The molecule has 2 rings (SSSR count). The van der Waals surface area contributed by atoms with Crippen LogP contribution in [0.3, 0.4) is 0 Å². The van der Waals surface area contributed by atoms with Gasteiger partial charge in [-0.1, -0.05) is 6.07 Å². The molecular formula is C12H7NO6. The Bertz CT molecular complexity index is 721. The number of hydrogen-bond acceptors (Lipinski definition) is 4. The highest BCUT2D eigenvalue weighted by molar-refractivity contribution is 6.11. The van der Waals surface area contributed by atoms with Gasteiger partial charge >= 0.3 is 17.9 Å². The minimum Gasteiger partial charge on any atom is -0.478 e. The predicted molar refractivity (Wildman–Crippen MR) is 62.6 cm³/mol. The van der Waals surface area contributed by atoms with Gasteiger partial charge in [0.1, 0.15) is 0 Å². The molecule has 0 unspecified atom stereocenters. The lowest BCUT2D eigenvalue weighted by atomic mass is 10.0. The van der Waals surface area contributed by atoms with Crippen LogP contribution in [-0.4, -0.2) is 38.2 Å². The van der Waals surface area contributed by atoms with Gasteiger partial charge in [0, 0.05) is 11.6 Å². The van der Waals surface area contributed by atoms with E-state index in [0.717, 1.165) is 6.20 Å². The number of rotatable bonds is 3. The molecule has 0 aliphatic rings. The van der Waals surface area contributed by atoms with Crippen LogP contribution in [0.2, 0.25) is 0 Å². The Kier molecular flexibility index (Phi) is 2.88. The van der Waals surface area contributed by atoms with Gasteiger partial charge in [0.25, 0.3) is 0 Å². The summed E-state index contributed by atoms with van der Waals surface area (Å²) >= 11 is 0. The number of aromatic nitrogens is 1. The number of carboxylic acids is 3. The molecule has 0 atom stereocenters. The molecule has 3 N–H and O–H groups in total. The van der Waals surface area contributed by atoms with Crippen LogP contribution >= 0.6 is 0 Å². The number of carboxylic acid groups (broad SMARTS) is 3. The van der Waals surface area contributed by atoms with E-state index in [1.165, 1.54) is 18.2 Å². The summed E-state index contributed by atoms with van der Waals surface area (Å²) in [7, 11) is 0. The van der Waals surface area contributed by atoms with Crippen molar-refractivity contribution in [2.45, 2.75) is 0 Å². The summed E-state index contributed by atoms with van der Waals surface area (Å²) in [6.07, 6.45) is 0.903. The minimum absolute atomic E-state index is 0.0561. The number of fused-ring (bicyclic) bond motifs is 1. The summed E-state index contributed by atoms with van der Waals surface area (Å²) in [6, 6.07) is 3.63. The highest BCUT2D eigenvalue weighted by Crippen LogP contribution is 2.22. The first-order valence-corrected chi connectivity index (χ1v) is 5.04. The van der Waals surface area contributed by atoms with Crippen LogP contribution in [0, 0.1) is 0 Å². The molecular weight excluding hydrogens is 254 g/mol. The Morgan fingerprint density at radius 2 is 1.63 bits per heavy atom. The van der Waals surface area contributed by atoms with E-state index < -0.39 is 29.0 Å². The third-order valence-electron chi connectivity index (χ3n) is 2.56. The van der Waals surface area contributed by atoms with E-state index in [1.54, 1.807) is 0 Å². The average Bonchev–Trinajstić information content (AvgIpc) is 2.35. The van der Waals surface area contributed by atoms with Crippen molar-refractivity contribution in [3.8, 4) is 0 Å². The molecule has 1 aromatic carbocycles. The normalized spacial score (nSPS) is 10.3. The number of pyridine rings is 1. The molecule has 0 aliphatic heterocycles. The van der Waals surface area contributed by atoms with Crippen LogP contribution in [0.1, 0.15) is 31.1 Å². The minimum atomic E-state index is -1.41. The van der Waals surface area contributed by atoms with Gasteiger partial charge in [-0.3, -0.25) is 4.98 Å². The van der Waals surface area contributed by atoms with Crippen molar-refractivity contribution in [1.82, 2.24) is 4.98 Å². The van der Waals surface area contributed by atoms with Crippen molar-refractivity contribution in [3.05, 3.63) is 41.1 Å². The molecule has 0 spiro atoms. The third-order valence-corrected chi connectivity index (χ3v) is 2.56. The van der Waals surface area contributed by atoms with Crippen molar-refractivity contribution in [3.63, 3.8) is 0 Å². The summed E-state index contributed by atoms with van der Waals surface area (Å²) in [6.45, 7) is 0. The molecule has 1 heterocycles. The zero-order chi connectivity index (χ0) is 14.2. The second-order valence-corrected chi connectivity index (χ2v) is 3.69. The number of carbonyl (C=O) groups is 3. The molecule has 7 nitrogen and oxygen atoms in total. The molecule has 1 aromatic heterocycles. The van der Waals surface area contributed by atoms with Crippen LogP contribution in [-0.2, 0) is 0 Å². The summed E-state index contributed by atoms with van der Waals surface area (Å²) in [5, 5.41) is 26.9. The summed E-state index contributed by atoms with van der Waals surface area (Å²) in [5.74, 6) is -4.00. The maximum atomic E-state index is 11.2. The molecule has 0 aliphatic carbocycles. The SMILES string of the molecule is O=C(O)c1ccc2c(C(=O)O)c(C(=O)O)cnc2c1. The molecule has 2 aromatic rings. The number of hydrogen-bond donors (Lipinski definition) is 3. The Morgan fingerprint density at radius 1 is 0.947 bits per heavy atom. The zero-order valence-electron chi connectivity index (χ0n) is 9.32. The van der Waals surface area contributed by atoms with Crippen LogP contribution < -0.4 is 0 Å². The summed E-state index contributed by atoms with van der Waals surface area (Å²) in [5.41, 5.74) is -0.792. The highest BCUT2D eigenvalue weighted by Gasteiger charge is 2.20. The fourth-order valence-corrected chi connectivity index (χ4v) is 1.72. The smallest absolute Gasteiger partial charge is 0.338 e. The summed E-state index contributed by atoms with van der Waals surface area (Å²) in [4.78, 5) is 36.7. The van der Waals surface area contributed by atoms with E-state index >= 15 is 0 Å². The molecule has 0 fully saturated rings. The Hall–Kier alpha value is -2.96. The van der Waals surface area contributed by atoms with E-state index in [4.69, 9.17) is 15.3 Å². The van der Waals surface area contributed by atoms with Gasteiger partial charge in [0.05, 0.1) is 22.2 Å². The molecule has 7 heteroatoms. The monoisotopic (exact) mass is 261 g/mol. The fourth-order valence-electron chi connectivity index (χ4n) is 1.72. The van der Waals surface area contributed by atoms with Crippen molar-refractivity contribution in [2.75, 3.05) is 0 Å². The zero-order valence-corrected chi connectivity index (χ0v) is 9.32. The van der Waals surface area contributed by atoms with Crippen molar-refractivity contribution in [2.24, 2.45) is 0 Å². The molecule has 19 heavy (non-hydrogen) atoms. The van der Waals surface area contributed by atoms with Gasteiger partial charge in [-0.15, -0.1) is 0 Å². The number of nitrogens with zero attached hydrogens (tertiary/aromatic N) is 1. The first-order valence-electron chi connectivity index (χ1n) is 5.04. The van der Waals surface area contributed by atoms with Gasteiger partial charge in [0.2, 0.25) is 0 Å². The third kappa shape index (κ3) is 2.08. The Balaban J connectivity index is 2.83. The molecule has 0 amide bonds. The van der Waals surface area contributed by atoms with Crippen molar-refractivity contribution < 1.29 is 29.7 Å². The molecule has 0 radical (unpaired) electrons. The van der Waals surface area contributed by atoms with Crippen molar-refractivity contribution in [1.29, 1.82) is 0 Å². The molecule has 0 saturated carbocycles. The number of aromatic carboxylic acids is 3. The average molecular weight is 261 g/mol. The first-order chi connectivity index (χ1) is 8.91. The quantitative estimate of drug-likeness (QED) is 0.760. The van der Waals surface area contributed by atoms with E-state index in [-0.39, 0.29) is 16.5 Å². The Morgan fingerprint density at radius 3 is 2.16 bits per heavy atom. The fraction of sp³-hybridized carbons (Fsp3) is 0. The lowest BCUT2D eigenvalue weighted by molar-refractivity contribution is 0.0653. The number of benzene rings is 1. The maximum absolute atomic E-state index is 11.2. The van der Waals surface area contributed by atoms with E-state index in [9.17, 15) is 14.4 Å². The van der Waals surface area contributed by atoms with Gasteiger partial charge in [-0.25, -0.2) is 14.4 Å². The highest BCUT2D eigenvalue weighted by atomic mass is 16.4. The molecule has 96 valence electrons. The van der Waals surface area contributed by atoms with Gasteiger partial charge < -0.3 is 15.3 Å². The maximum Gasteiger partial charge on any atom is 0.338 e. The molecule has 0 saturated heterocycles. The van der Waals surface area contributed by atoms with Crippen LogP contribution in [0.4, 0.5) is 0 Å². The van der Waals surface area contributed by atoms with Crippen LogP contribution in [0.25, 0.3) is 10.9 Å². The molecule has 0 bridgehead atoms. The van der Waals surface area contributed by atoms with Crippen molar-refractivity contribution >= 4 is 28.8 Å². The predicted octanol–water partition coefficient (Wildman–Crippen LogP) is 1.33. The second-order valence-electron chi connectivity index (χ2n) is 3.69. The van der Waals surface area contributed by atoms with Crippen LogP contribution in [0.5, 0.6) is 0 Å². The first kappa shape index (κ1) is 12.5. The lowest BCUT2D eigenvalue weighted by Gasteiger charge is -2.06. The summed E-state index contributed by atoms with van der Waals surface area (Å²) < 4.78 is 0. The van der Waals surface area contributed by atoms with E-state index in [1.807, 2.05) is 0 Å². The standard InChI is InChI=1S/C12H7NO6/c14-10(15)5-1-2-6-8(3-5)13-4-7(11(16)17)9(6)12(18)19/h1-4H,(H,14,15)(H,16,17)(H,18,19). The Labute approximate surface area is 105 Å². The van der Waals surface area contributed by atoms with Gasteiger partial charge in [-0.2, -0.15) is 0 Å². The van der Waals surface area contributed by atoms with Gasteiger partial charge in [-0.05, 0) is 12.1 Å². The lowest BCUT2D eigenvalue weighted by Crippen LogP contribution is -2.10. The van der Waals surface area contributed by atoms with E-state index in [0.29, 0.717) is 0 Å². The van der Waals surface area contributed by atoms with Gasteiger partial charge in [0.15, 0.2) is 0 Å². The van der Waals surface area contributed by atoms with Crippen LogP contribution in [0.15, 0.2) is 24.4 Å². The second kappa shape index (κ2) is 4.37. The topological polar surface area (TPSA) is 125 Å².